The maximum absolute atomic E-state index is 6.06. The van der Waals surface area contributed by atoms with E-state index >= 15 is 0 Å². The van der Waals surface area contributed by atoms with Crippen LogP contribution in [0.3, 0.4) is 0 Å². The molecule has 1 aliphatic rings. The highest BCUT2D eigenvalue weighted by molar-refractivity contribution is 4.75. The molecule has 0 aromatic rings. The first-order valence-corrected chi connectivity index (χ1v) is 11.9. The summed E-state index contributed by atoms with van der Waals surface area (Å²) in [6.07, 6.45) is 17.8. The second-order valence-electron chi connectivity index (χ2n) is 8.03. The van der Waals surface area contributed by atoms with E-state index < -0.39 is 0 Å². The summed E-state index contributed by atoms with van der Waals surface area (Å²) < 4.78 is 17.4. The summed E-state index contributed by atoms with van der Waals surface area (Å²) in [5.41, 5.74) is 0. The Hall–Kier alpha value is -0.160. The summed E-state index contributed by atoms with van der Waals surface area (Å²) in [4.78, 5) is 0. The number of hydrogen-bond donors (Lipinski definition) is 1. The average molecular weight is 386 g/mol. The van der Waals surface area contributed by atoms with E-state index in [-0.39, 0.29) is 0 Å². The number of rotatable bonds is 20. The second kappa shape index (κ2) is 19.2. The maximum Gasteiger partial charge on any atom is 0.0813 e. The van der Waals surface area contributed by atoms with Crippen LogP contribution in [0.1, 0.15) is 97.3 Å². The molecular formula is C23H47NO3. The molecule has 0 aliphatic carbocycles. The van der Waals surface area contributed by atoms with Crippen LogP contribution in [0.5, 0.6) is 0 Å². The van der Waals surface area contributed by atoms with Gasteiger partial charge in [-0.3, -0.25) is 0 Å². The molecule has 1 fully saturated rings. The molecule has 0 spiro atoms. The summed E-state index contributed by atoms with van der Waals surface area (Å²) in [7, 11) is 0. The Balaban J connectivity index is 1.79. The Kier molecular flexibility index (Phi) is 17.7. The monoisotopic (exact) mass is 385 g/mol. The van der Waals surface area contributed by atoms with Crippen molar-refractivity contribution in [1.29, 1.82) is 0 Å². The molecule has 0 aromatic carbocycles. The van der Waals surface area contributed by atoms with E-state index in [1.807, 2.05) is 0 Å². The van der Waals surface area contributed by atoms with E-state index in [0.29, 0.717) is 12.2 Å². The van der Waals surface area contributed by atoms with Crippen LogP contribution in [0.15, 0.2) is 0 Å². The molecule has 0 bridgehead atoms. The van der Waals surface area contributed by atoms with Gasteiger partial charge in [0.05, 0.1) is 25.4 Å². The molecule has 1 rings (SSSR count). The first-order chi connectivity index (χ1) is 13.4. The number of ether oxygens (including phenoxy) is 3. The summed E-state index contributed by atoms with van der Waals surface area (Å²) in [5.74, 6) is 0. The largest absolute Gasteiger partial charge is 0.380 e. The van der Waals surface area contributed by atoms with Crippen LogP contribution in [0.25, 0.3) is 0 Å². The van der Waals surface area contributed by atoms with E-state index in [0.717, 1.165) is 58.8 Å². The SMILES string of the molecule is CCCCCCCCCCCCOC[C@@H]1CC[C@@H](CNCCOCCC)O1. The van der Waals surface area contributed by atoms with Gasteiger partial charge in [0, 0.05) is 26.3 Å². The lowest BCUT2D eigenvalue weighted by atomic mass is 10.1. The fourth-order valence-electron chi connectivity index (χ4n) is 3.61. The molecule has 1 heterocycles. The van der Waals surface area contributed by atoms with Crippen LogP contribution in [0.4, 0.5) is 0 Å². The molecule has 4 heteroatoms. The van der Waals surface area contributed by atoms with Gasteiger partial charge in [-0.15, -0.1) is 0 Å². The average Bonchev–Trinajstić information content (AvgIpc) is 3.13. The van der Waals surface area contributed by atoms with Gasteiger partial charge in [0.15, 0.2) is 0 Å². The molecule has 1 saturated heterocycles. The van der Waals surface area contributed by atoms with Crippen LogP contribution in [-0.4, -0.2) is 51.7 Å². The molecule has 1 N–H and O–H groups in total. The normalized spacial score (nSPS) is 19.8. The predicted octanol–water partition coefficient (Wildman–Crippen LogP) is 5.49. The summed E-state index contributed by atoms with van der Waals surface area (Å²) in [6, 6.07) is 0. The lowest BCUT2D eigenvalue weighted by Gasteiger charge is -2.15. The molecule has 0 saturated carbocycles. The van der Waals surface area contributed by atoms with Gasteiger partial charge >= 0.3 is 0 Å². The lowest BCUT2D eigenvalue weighted by Crippen LogP contribution is -2.30. The van der Waals surface area contributed by atoms with Crippen LogP contribution >= 0.6 is 0 Å². The van der Waals surface area contributed by atoms with Crippen molar-refractivity contribution in [3.05, 3.63) is 0 Å². The van der Waals surface area contributed by atoms with Crippen LogP contribution < -0.4 is 5.32 Å². The standard InChI is InChI=1S/C23H47NO3/c1-3-5-6-7-8-9-10-11-12-13-18-26-21-23-15-14-22(27-23)20-24-16-19-25-17-4-2/h22-24H,3-21H2,1-2H3/t22-,23-/m0/s1. The molecule has 4 nitrogen and oxygen atoms in total. The fraction of sp³-hybridized carbons (Fsp3) is 1.00. The zero-order chi connectivity index (χ0) is 19.4. The van der Waals surface area contributed by atoms with E-state index in [4.69, 9.17) is 14.2 Å². The van der Waals surface area contributed by atoms with Gasteiger partial charge in [-0.1, -0.05) is 71.6 Å². The zero-order valence-corrected chi connectivity index (χ0v) is 18.3. The Labute approximate surface area is 169 Å². The third-order valence-corrected chi connectivity index (χ3v) is 5.29. The highest BCUT2D eigenvalue weighted by atomic mass is 16.5. The molecular weight excluding hydrogens is 338 g/mol. The quantitative estimate of drug-likeness (QED) is 0.281. The molecule has 0 amide bonds. The van der Waals surface area contributed by atoms with E-state index in [9.17, 15) is 0 Å². The summed E-state index contributed by atoms with van der Waals surface area (Å²) in [5, 5.41) is 3.43. The van der Waals surface area contributed by atoms with Crippen LogP contribution in [0, 0.1) is 0 Å². The van der Waals surface area contributed by atoms with Crippen molar-refractivity contribution in [1.82, 2.24) is 5.32 Å². The number of nitrogens with one attached hydrogen (secondary N) is 1. The van der Waals surface area contributed by atoms with Gasteiger partial charge in [-0.2, -0.15) is 0 Å². The lowest BCUT2D eigenvalue weighted by molar-refractivity contribution is -0.0153. The van der Waals surface area contributed by atoms with Crippen molar-refractivity contribution in [2.24, 2.45) is 0 Å². The number of unbranched alkanes of at least 4 members (excludes halogenated alkanes) is 9. The van der Waals surface area contributed by atoms with E-state index in [1.54, 1.807) is 0 Å². The Morgan fingerprint density at radius 1 is 0.704 bits per heavy atom. The first kappa shape index (κ1) is 24.9. The van der Waals surface area contributed by atoms with Crippen molar-refractivity contribution < 1.29 is 14.2 Å². The molecule has 0 unspecified atom stereocenters. The van der Waals surface area contributed by atoms with Crippen molar-refractivity contribution >= 4 is 0 Å². The molecule has 0 aromatic heterocycles. The fourth-order valence-corrected chi connectivity index (χ4v) is 3.61. The van der Waals surface area contributed by atoms with Crippen LogP contribution in [0.2, 0.25) is 0 Å². The predicted molar refractivity (Wildman–Crippen MR) is 115 cm³/mol. The highest BCUT2D eigenvalue weighted by Gasteiger charge is 2.24. The van der Waals surface area contributed by atoms with Gasteiger partial charge in [-0.25, -0.2) is 0 Å². The van der Waals surface area contributed by atoms with Crippen molar-refractivity contribution in [2.45, 2.75) is 110 Å². The molecule has 1 aliphatic heterocycles. The third kappa shape index (κ3) is 15.4. The number of hydrogen-bond acceptors (Lipinski definition) is 4. The van der Waals surface area contributed by atoms with Crippen molar-refractivity contribution in [3.63, 3.8) is 0 Å². The van der Waals surface area contributed by atoms with Crippen molar-refractivity contribution in [2.75, 3.05) is 39.5 Å². The molecule has 162 valence electrons. The van der Waals surface area contributed by atoms with Gasteiger partial charge in [0.25, 0.3) is 0 Å². The van der Waals surface area contributed by atoms with Gasteiger partial charge < -0.3 is 19.5 Å². The minimum absolute atomic E-state index is 0.302. The Bertz CT molecular complexity index is 301. The second-order valence-corrected chi connectivity index (χ2v) is 8.03. The molecule has 27 heavy (non-hydrogen) atoms. The summed E-state index contributed by atoms with van der Waals surface area (Å²) in [6.45, 7) is 9.60. The Morgan fingerprint density at radius 3 is 2.07 bits per heavy atom. The topological polar surface area (TPSA) is 39.7 Å². The van der Waals surface area contributed by atoms with Gasteiger partial charge in [-0.05, 0) is 25.7 Å². The zero-order valence-electron chi connectivity index (χ0n) is 18.3. The molecule has 2 atom stereocenters. The molecule has 0 radical (unpaired) electrons. The highest BCUT2D eigenvalue weighted by Crippen LogP contribution is 2.19. The minimum atomic E-state index is 0.302. The van der Waals surface area contributed by atoms with E-state index in [2.05, 4.69) is 19.2 Å². The smallest absolute Gasteiger partial charge is 0.0813 e. The third-order valence-electron chi connectivity index (χ3n) is 5.29. The van der Waals surface area contributed by atoms with Crippen molar-refractivity contribution in [3.8, 4) is 0 Å². The van der Waals surface area contributed by atoms with Gasteiger partial charge in [0.2, 0.25) is 0 Å². The summed E-state index contributed by atoms with van der Waals surface area (Å²) >= 11 is 0. The minimum Gasteiger partial charge on any atom is -0.380 e. The maximum atomic E-state index is 6.06. The van der Waals surface area contributed by atoms with Gasteiger partial charge in [0.1, 0.15) is 0 Å². The van der Waals surface area contributed by atoms with Crippen LogP contribution in [-0.2, 0) is 14.2 Å². The van der Waals surface area contributed by atoms with E-state index in [1.165, 1.54) is 64.2 Å². The Morgan fingerprint density at radius 2 is 1.37 bits per heavy atom. The first-order valence-electron chi connectivity index (χ1n) is 11.9.